The van der Waals surface area contributed by atoms with Gasteiger partial charge in [-0.05, 0) is 0 Å². The Morgan fingerprint density at radius 3 is 1.75 bits per heavy atom. The largest absolute Gasteiger partial charge is 0.135 e. The van der Waals surface area contributed by atoms with Gasteiger partial charge in [-0.2, -0.15) is 0 Å². The van der Waals surface area contributed by atoms with Crippen molar-refractivity contribution in [3.63, 3.8) is 0 Å². The third kappa shape index (κ3) is 0.353. The number of thioether (sulfide) groups is 2. The fraction of sp³-hybridized carbons (Fsp3) is 0.500. The normalized spacial score (nSPS) is 24.0. The summed E-state index contributed by atoms with van der Waals surface area (Å²) < 4.78 is 0. The summed E-state index contributed by atoms with van der Waals surface area (Å²) in [5.74, 6) is 0. The summed E-state index contributed by atoms with van der Waals surface area (Å²) in [5.41, 5.74) is 0. The van der Waals surface area contributed by atoms with Crippen LogP contribution < -0.4 is 0 Å². The minimum atomic E-state index is 1.28. The summed E-state index contributed by atoms with van der Waals surface area (Å²) in [6.45, 7) is 0. The molecule has 0 aromatic heterocycles. The lowest BCUT2D eigenvalue weighted by Crippen LogP contribution is -1.74. The fourth-order valence-electron chi connectivity index (χ4n) is 0.0680. The molecule has 1 heterocycles. The molecule has 2 heteroatoms. The molecule has 0 saturated carbocycles. The van der Waals surface area contributed by atoms with Gasteiger partial charge in [-0.25, -0.2) is 0 Å². The van der Waals surface area contributed by atoms with Crippen LogP contribution in [0.3, 0.4) is 0 Å². The Kier molecular flexibility index (Phi) is 0.889. The van der Waals surface area contributed by atoms with Crippen LogP contribution in [-0.2, 0) is 0 Å². The average Bonchev–Trinajstić information content (AvgIpc) is 0.722. The first-order chi connectivity index (χ1) is 2.00. The first-order valence-electron chi connectivity index (χ1n) is 1.05. The molecule has 0 aromatic carbocycles. The molecule has 0 atom stereocenters. The van der Waals surface area contributed by atoms with Crippen LogP contribution in [0.25, 0.3) is 0 Å². The Morgan fingerprint density at radius 2 is 1.75 bits per heavy atom. The lowest BCUT2D eigenvalue weighted by molar-refractivity contribution is 2.19. The molecule has 0 bridgehead atoms. The van der Waals surface area contributed by atoms with Crippen molar-refractivity contribution in [3.8, 4) is 0 Å². The monoisotopic (exact) mass is 91.0 g/mol. The van der Waals surface area contributed by atoms with Crippen LogP contribution in [0.2, 0.25) is 0 Å². The summed E-state index contributed by atoms with van der Waals surface area (Å²) in [5, 5.41) is 3.42. The van der Waals surface area contributed by atoms with Gasteiger partial charge in [0, 0.05) is 5.08 Å². The maximum absolute atomic E-state index is 2.14. The summed E-state index contributed by atoms with van der Waals surface area (Å²) in [6, 6.07) is 0. The topological polar surface area (TPSA) is 0 Å². The van der Waals surface area contributed by atoms with Gasteiger partial charge in [-0.3, -0.25) is 0 Å². The van der Waals surface area contributed by atoms with E-state index in [0.29, 0.717) is 0 Å². The van der Waals surface area contributed by atoms with Crippen molar-refractivity contribution in [2.24, 2.45) is 0 Å². The highest BCUT2D eigenvalue weighted by atomic mass is 32.3. The number of hydrogen-bond acceptors (Lipinski definition) is 2. The van der Waals surface area contributed by atoms with Crippen LogP contribution in [-0.4, -0.2) is 5.08 Å². The minimum Gasteiger partial charge on any atom is -0.135 e. The van der Waals surface area contributed by atoms with Gasteiger partial charge in [0.1, 0.15) is 0 Å². The molecular weight excluding hydrogens is 88.2 g/mol. The molecule has 1 radical (unpaired) electrons. The van der Waals surface area contributed by atoms with Crippen molar-refractivity contribution in [1.82, 2.24) is 0 Å². The Balaban J connectivity index is 2.00. The molecule has 1 rings (SSSR count). The molecule has 0 nitrogen and oxygen atoms in total. The molecule has 0 unspecified atom stereocenters. The standard InChI is InChI=1S/C2H3S2/c1-3-2-4-1/h1H,2H2. The zero-order chi connectivity index (χ0) is 2.83. The molecule has 0 spiro atoms. The van der Waals surface area contributed by atoms with Gasteiger partial charge >= 0.3 is 0 Å². The Labute approximate surface area is 34.3 Å². The summed E-state index contributed by atoms with van der Waals surface area (Å²) in [7, 11) is 0. The highest BCUT2D eigenvalue weighted by Crippen LogP contribution is 2.33. The lowest BCUT2D eigenvalue weighted by Gasteiger charge is -2.04. The third-order valence-electron chi connectivity index (χ3n) is 0.272. The van der Waals surface area contributed by atoms with Crippen LogP contribution >= 0.6 is 23.5 Å². The van der Waals surface area contributed by atoms with Gasteiger partial charge in [0.05, 0.1) is 5.08 Å². The van der Waals surface area contributed by atoms with E-state index < -0.39 is 0 Å². The fourth-order valence-corrected chi connectivity index (χ4v) is 0.612. The van der Waals surface area contributed by atoms with Gasteiger partial charge in [0.2, 0.25) is 0 Å². The second kappa shape index (κ2) is 1.22. The van der Waals surface area contributed by atoms with Crippen LogP contribution in [0.5, 0.6) is 0 Å². The van der Waals surface area contributed by atoms with E-state index in [9.17, 15) is 0 Å². The second-order valence-electron chi connectivity index (χ2n) is 0.547. The predicted molar refractivity (Wildman–Crippen MR) is 24.3 cm³/mol. The van der Waals surface area contributed by atoms with E-state index in [4.69, 9.17) is 0 Å². The van der Waals surface area contributed by atoms with E-state index in [1.807, 2.05) is 23.5 Å². The molecule has 23 valence electrons. The molecule has 0 amide bonds. The lowest BCUT2D eigenvalue weighted by atomic mass is 11.8. The highest BCUT2D eigenvalue weighted by molar-refractivity contribution is 8.34. The van der Waals surface area contributed by atoms with Gasteiger partial charge in [0.25, 0.3) is 0 Å². The summed E-state index contributed by atoms with van der Waals surface area (Å²) in [4.78, 5) is 0. The van der Waals surface area contributed by atoms with E-state index in [0.717, 1.165) is 0 Å². The first-order valence-corrected chi connectivity index (χ1v) is 3.15. The summed E-state index contributed by atoms with van der Waals surface area (Å²) >= 11 is 3.75. The third-order valence-corrected chi connectivity index (χ3v) is 2.45. The minimum absolute atomic E-state index is 1.28. The van der Waals surface area contributed by atoms with E-state index in [-0.39, 0.29) is 0 Å². The van der Waals surface area contributed by atoms with E-state index >= 15 is 0 Å². The van der Waals surface area contributed by atoms with Crippen molar-refractivity contribution in [2.75, 3.05) is 5.08 Å². The van der Waals surface area contributed by atoms with E-state index in [1.54, 1.807) is 0 Å². The Morgan fingerprint density at radius 1 is 1.50 bits per heavy atom. The average molecular weight is 91.2 g/mol. The van der Waals surface area contributed by atoms with Crippen molar-refractivity contribution in [2.45, 2.75) is 0 Å². The quantitative estimate of drug-likeness (QED) is 0.443. The maximum atomic E-state index is 2.14. The van der Waals surface area contributed by atoms with Crippen molar-refractivity contribution in [3.05, 3.63) is 5.08 Å². The number of hydrogen-bond donors (Lipinski definition) is 0. The second-order valence-corrected chi connectivity index (χ2v) is 2.93. The molecule has 0 aliphatic carbocycles. The predicted octanol–water partition coefficient (Wildman–Crippen LogP) is 1.54. The van der Waals surface area contributed by atoms with Gasteiger partial charge < -0.3 is 0 Å². The van der Waals surface area contributed by atoms with Crippen molar-refractivity contribution < 1.29 is 0 Å². The summed E-state index contributed by atoms with van der Waals surface area (Å²) in [6.07, 6.45) is 0. The maximum Gasteiger partial charge on any atom is 0.0729 e. The van der Waals surface area contributed by atoms with Gasteiger partial charge in [-0.15, -0.1) is 23.5 Å². The molecule has 0 aromatic rings. The highest BCUT2D eigenvalue weighted by Gasteiger charge is 1.96. The Hall–Kier alpha value is 0.700. The zero-order valence-electron chi connectivity index (χ0n) is 2.10. The van der Waals surface area contributed by atoms with E-state index in [1.165, 1.54) is 5.08 Å². The Bertz CT molecular complexity index is 12.0. The van der Waals surface area contributed by atoms with Crippen molar-refractivity contribution in [1.29, 1.82) is 0 Å². The van der Waals surface area contributed by atoms with Crippen LogP contribution in [0.1, 0.15) is 0 Å². The molecule has 1 aliphatic rings. The smallest absolute Gasteiger partial charge is 0.0729 e. The number of rotatable bonds is 0. The molecule has 1 saturated heterocycles. The van der Waals surface area contributed by atoms with Crippen LogP contribution in [0.4, 0.5) is 0 Å². The molecular formula is C2H3S2. The van der Waals surface area contributed by atoms with Crippen LogP contribution in [0.15, 0.2) is 0 Å². The van der Waals surface area contributed by atoms with Gasteiger partial charge in [-0.1, -0.05) is 0 Å². The van der Waals surface area contributed by atoms with E-state index in [2.05, 4.69) is 5.08 Å². The first kappa shape index (κ1) is 2.91. The van der Waals surface area contributed by atoms with Crippen molar-refractivity contribution >= 4 is 23.5 Å². The molecule has 1 fully saturated rings. The molecule has 4 heavy (non-hydrogen) atoms. The zero-order valence-corrected chi connectivity index (χ0v) is 3.73. The van der Waals surface area contributed by atoms with Crippen LogP contribution in [0, 0.1) is 5.08 Å². The SMILES string of the molecule is [CH]1SCS1. The molecule has 1 aliphatic heterocycles. The van der Waals surface area contributed by atoms with Gasteiger partial charge in [0.15, 0.2) is 0 Å². The molecule has 0 N–H and O–H groups in total.